The highest BCUT2D eigenvalue weighted by atomic mass is 32.2. The third-order valence-corrected chi connectivity index (χ3v) is 8.43. The van der Waals surface area contributed by atoms with Crippen molar-refractivity contribution in [1.29, 1.82) is 0 Å². The molecule has 1 saturated carbocycles. The number of nitrogens with one attached hydrogen (secondary N) is 1. The van der Waals surface area contributed by atoms with Crippen molar-refractivity contribution in [2.45, 2.75) is 61.3 Å². The molecule has 192 valence electrons. The van der Waals surface area contributed by atoms with Crippen molar-refractivity contribution in [3.05, 3.63) is 48.5 Å². The lowest BCUT2D eigenvalue weighted by Gasteiger charge is -2.26. The largest absolute Gasteiger partial charge is 0.492 e. The van der Waals surface area contributed by atoms with Crippen molar-refractivity contribution >= 4 is 33.4 Å². The van der Waals surface area contributed by atoms with Gasteiger partial charge in [-0.25, -0.2) is 8.42 Å². The second kappa shape index (κ2) is 13.8. The molecular formula is C26H36N2O5S2. The third kappa shape index (κ3) is 7.88. The predicted octanol–water partition coefficient (Wildman–Crippen LogP) is 4.86. The van der Waals surface area contributed by atoms with Gasteiger partial charge < -0.3 is 14.8 Å². The van der Waals surface area contributed by atoms with Gasteiger partial charge in [-0.2, -0.15) is 0 Å². The fourth-order valence-corrected chi connectivity index (χ4v) is 5.92. The smallest absolute Gasteiger partial charge is 0.264 e. The quantitative estimate of drug-likeness (QED) is 0.300. The van der Waals surface area contributed by atoms with Crippen molar-refractivity contribution in [1.82, 2.24) is 5.32 Å². The van der Waals surface area contributed by atoms with E-state index in [9.17, 15) is 13.2 Å². The zero-order valence-electron chi connectivity index (χ0n) is 20.6. The zero-order chi connectivity index (χ0) is 25.1. The lowest BCUT2D eigenvalue weighted by molar-refractivity contribution is -0.119. The van der Waals surface area contributed by atoms with Gasteiger partial charge >= 0.3 is 0 Å². The van der Waals surface area contributed by atoms with Crippen LogP contribution in [0.2, 0.25) is 0 Å². The number of rotatable bonds is 13. The zero-order valence-corrected chi connectivity index (χ0v) is 22.2. The second-order valence-electron chi connectivity index (χ2n) is 8.42. The van der Waals surface area contributed by atoms with E-state index in [4.69, 9.17) is 9.47 Å². The molecule has 0 aromatic heterocycles. The highest BCUT2D eigenvalue weighted by Gasteiger charge is 2.29. The molecule has 35 heavy (non-hydrogen) atoms. The monoisotopic (exact) mass is 520 g/mol. The van der Waals surface area contributed by atoms with Crippen molar-refractivity contribution in [3.63, 3.8) is 0 Å². The number of amides is 1. The molecule has 7 nitrogen and oxygen atoms in total. The molecule has 0 spiro atoms. The van der Waals surface area contributed by atoms with Crippen molar-refractivity contribution < 1.29 is 22.7 Å². The van der Waals surface area contributed by atoms with Gasteiger partial charge in [0, 0.05) is 18.0 Å². The molecule has 1 aliphatic rings. The molecule has 1 aliphatic carbocycles. The van der Waals surface area contributed by atoms with Gasteiger partial charge in [0.2, 0.25) is 5.91 Å². The maximum absolute atomic E-state index is 13.6. The van der Waals surface area contributed by atoms with Crippen LogP contribution in [0.1, 0.15) is 45.4 Å². The average molecular weight is 521 g/mol. The summed E-state index contributed by atoms with van der Waals surface area (Å²) in [6, 6.07) is 13.5. The number of benzene rings is 2. The Kier molecular flexibility index (Phi) is 10.7. The van der Waals surface area contributed by atoms with E-state index < -0.39 is 10.0 Å². The molecule has 1 N–H and O–H groups in total. The van der Waals surface area contributed by atoms with Crippen LogP contribution < -0.4 is 14.4 Å². The van der Waals surface area contributed by atoms with Gasteiger partial charge in [0.25, 0.3) is 10.0 Å². The van der Waals surface area contributed by atoms with E-state index in [2.05, 4.69) is 5.32 Å². The Morgan fingerprint density at radius 1 is 1.09 bits per heavy atom. The van der Waals surface area contributed by atoms with E-state index in [1.165, 1.54) is 31.0 Å². The van der Waals surface area contributed by atoms with Crippen LogP contribution in [-0.2, 0) is 19.6 Å². The summed E-state index contributed by atoms with van der Waals surface area (Å²) in [5.41, 5.74) is 0.332. The molecule has 9 heteroatoms. The first-order chi connectivity index (χ1) is 17.0. The molecule has 0 unspecified atom stereocenters. The number of nitrogens with zero attached hydrogens (tertiary/aromatic N) is 1. The summed E-state index contributed by atoms with van der Waals surface area (Å²) in [7, 11) is -4.01. The minimum atomic E-state index is -4.01. The van der Waals surface area contributed by atoms with Crippen LogP contribution in [0.5, 0.6) is 5.75 Å². The summed E-state index contributed by atoms with van der Waals surface area (Å²) < 4.78 is 40.0. The molecule has 0 atom stereocenters. The molecule has 0 saturated heterocycles. The number of carbonyl (C=O) groups excluding carboxylic acids is 1. The van der Waals surface area contributed by atoms with Crippen LogP contribution >= 0.6 is 11.8 Å². The highest BCUT2D eigenvalue weighted by molar-refractivity contribution is 7.98. The molecule has 2 aromatic carbocycles. The van der Waals surface area contributed by atoms with Crippen LogP contribution in [0.4, 0.5) is 5.69 Å². The highest BCUT2D eigenvalue weighted by Crippen LogP contribution is 2.33. The number of sulfonamides is 1. The third-order valence-electron chi connectivity index (χ3n) is 5.92. The van der Waals surface area contributed by atoms with Gasteiger partial charge in [0.05, 0.1) is 23.3 Å². The summed E-state index contributed by atoms with van der Waals surface area (Å²) in [6.45, 7) is 2.87. The van der Waals surface area contributed by atoms with Crippen LogP contribution in [0.15, 0.2) is 58.3 Å². The number of hydrogen-bond donors (Lipinski definition) is 1. The fraction of sp³-hybridized carbons (Fsp3) is 0.500. The molecule has 0 radical (unpaired) electrons. The standard InChI is InChI=1S/C26H36N2O5S2/c1-3-32-25-13-8-7-12-24(25)28(35(30,31)23-16-14-22(34-2)15-17-23)20-26(29)27-18-9-19-33-21-10-5-4-6-11-21/h7-8,12-17,21H,3-6,9-11,18-20H2,1-2H3,(H,27,29). The lowest BCUT2D eigenvalue weighted by atomic mass is 9.98. The van der Waals surface area contributed by atoms with Crippen LogP contribution in [0, 0.1) is 0 Å². The van der Waals surface area contributed by atoms with E-state index >= 15 is 0 Å². The van der Waals surface area contributed by atoms with E-state index in [1.807, 2.05) is 13.2 Å². The molecule has 0 aliphatic heterocycles. The normalized spacial score (nSPS) is 14.5. The summed E-state index contributed by atoms with van der Waals surface area (Å²) in [5, 5.41) is 2.84. The summed E-state index contributed by atoms with van der Waals surface area (Å²) in [5.74, 6) is 0.0336. The van der Waals surface area contributed by atoms with Gasteiger partial charge in [-0.15, -0.1) is 11.8 Å². The summed E-state index contributed by atoms with van der Waals surface area (Å²) in [4.78, 5) is 13.9. The Bertz CT molecular complexity index is 1040. The van der Waals surface area contributed by atoms with Gasteiger partial charge in [-0.05, 0) is 68.8 Å². The first-order valence-electron chi connectivity index (χ1n) is 12.2. The van der Waals surface area contributed by atoms with Crippen molar-refractivity contribution in [2.24, 2.45) is 0 Å². The maximum atomic E-state index is 13.6. The Morgan fingerprint density at radius 3 is 2.49 bits per heavy atom. The number of anilines is 1. The van der Waals surface area contributed by atoms with Crippen LogP contribution in [0.25, 0.3) is 0 Å². The maximum Gasteiger partial charge on any atom is 0.264 e. The van der Waals surface area contributed by atoms with Crippen molar-refractivity contribution in [3.8, 4) is 5.75 Å². The molecule has 1 fully saturated rings. The number of ether oxygens (including phenoxy) is 2. The Hall–Kier alpha value is -2.23. The Morgan fingerprint density at radius 2 is 1.80 bits per heavy atom. The van der Waals surface area contributed by atoms with Crippen LogP contribution in [-0.4, -0.2) is 53.0 Å². The molecule has 3 rings (SSSR count). The topological polar surface area (TPSA) is 84.9 Å². The molecule has 1 amide bonds. The number of carbonyl (C=O) groups is 1. The molecular weight excluding hydrogens is 484 g/mol. The molecule has 0 heterocycles. The summed E-state index contributed by atoms with van der Waals surface area (Å²) >= 11 is 1.53. The predicted molar refractivity (Wildman–Crippen MR) is 141 cm³/mol. The minimum Gasteiger partial charge on any atom is -0.492 e. The first kappa shape index (κ1) is 27.4. The van der Waals surface area contributed by atoms with Gasteiger partial charge in [-0.3, -0.25) is 9.10 Å². The van der Waals surface area contributed by atoms with Crippen LogP contribution in [0.3, 0.4) is 0 Å². The summed E-state index contributed by atoms with van der Waals surface area (Å²) in [6.07, 6.45) is 8.87. The average Bonchev–Trinajstić information content (AvgIpc) is 2.88. The molecule has 0 bridgehead atoms. The number of hydrogen-bond acceptors (Lipinski definition) is 6. The molecule has 2 aromatic rings. The minimum absolute atomic E-state index is 0.121. The first-order valence-corrected chi connectivity index (χ1v) is 14.9. The van der Waals surface area contributed by atoms with E-state index in [-0.39, 0.29) is 17.3 Å². The Labute approximate surface area is 213 Å². The Balaban J connectivity index is 1.70. The number of para-hydroxylation sites is 2. The van der Waals surface area contributed by atoms with Gasteiger partial charge in [-0.1, -0.05) is 31.4 Å². The van der Waals surface area contributed by atoms with E-state index in [0.717, 1.165) is 22.0 Å². The lowest BCUT2D eigenvalue weighted by Crippen LogP contribution is -2.41. The number of thioether (sulfide) groups is 1. The fourth-order valence-electron chi connectivity index (χ4n) is 4.08. The van der Waals surface area contributed by atoms with Crippen molar-refractivity contribution in [2.75, 3.05) is 36.9 Å². The van der Waals surface area contributed by atoms with E-state index in [1.54, 1.807) is 48.5 Å². The second-order valence-corrected chi connectivity index (χ2v) is 11.2. The van der Waals surface area contributed by atoms with Gasteiger partial charge in [0.1, 0.15) is 12.3 Å². The van der Waals surface area contributed by atoms with E-state index in [0.29, 0.717) is 43.7 Å². The van der Waals surface area contributed by atoms with Gasteiger partial charge in [0.15, 0.2) is 0 Å². The SMILES string of the molecule is CCOc1ccccc1N(CC(=O)NCCCOC1CCCCC1)S(=O)(=O)c1ccc(SC)cc1.